The lowest BCUT2D eigenvalue weighted by Crippen LogP contribution is -2.32. The van der Waals surface area contributed by atoms with Gasteiger partial charge in [-0.05, 0) is 5.92 Å². The molecule has 0 aliphatic carbocycles. The van der Waals surface area contributed by atoms with Gasteiger partial charge < -0.3 is 10.4 Å². The van der Waals surface area contributed by atoms with Crippen molar-refractivity contribution in [3.05, 3.63) is 0 Å². The van der Waals surface area contributed by atoms with Gasteiger partial charge in [0, 0.05) is 13.0 Å². The van der Waals surface area contributed by atoms with Gasteiger partial charge in [-0.2, -0.15) is 0 Å². The minimum absolute atomic E-state index is 0.0518. The fraction of sp³-hybridized carbons (Fsp3) is 0.818. The first-order valence-corrected chi connectivity index (χ1v) is 5.46. The van der Waals surface area contributed by atoms with E-state index in [9.17, 15) is 9.59 Å². The number of carbonyl (C=O) groups is 2. The predicted molar refractivity (Wildman–Crippen MR) is 58.5 cm³/mol. The van der Waals surface area contributed by atoms with Crippen LogP contribution in [0.3, 0.4) is 0 Å². The molecule has 0 spiro atoms. The van der Waals surface area contributed by atoms with Gasteiger partial charge in [-0.25, -0.2) is 0 Å². The third-order valence-corrected chi connectivity index (χ3v) is 2.34. The van der Waals surface area contributed by atoms with Gasteiger partial charge in [0.15, 0.2) is 0 Å². The topological polar surface area (TPSA) is 66.4 Å². The molecular weight excluding hydrogens is 194 g/mol. The van der Waals surface area contributed by atoms with Gasteiger partial charge in [0.25, 0.3) is 0 Å². The molecule has 0 heterocycles. The van der Waals surface area contributed by atoms with Crippen LogP contribution in [0.2, 0.25) is 0 Å². The van der Waals surface area contributed by atoms with Crippen molar-refractivity contribution < 1.29 is 14.7 Å². The first-order valence-electron chi connectivity index (χ1n) is 5.46. The maximum atomic E-state index is 11.4. The molecule has 0 radical (unpaired) electrons. The third-order valence-electron chi connectivity index (χ3n) is 2.34. The van der Waals surface area contributed by atoms with Gasteiger partial charge in [-0.15, -0.1) is 0 Å². The number of hydrogen-bond donors (Lipinski definition) is 2. The zero-order valence-electron chi connectivity index (χ0n) is 9.75. The van der Waals surface area contributed by atoms with E-state index in [-0.39, 0.29) is 12.5 Å². The summed E-state index contributed by atoms with van der Waals surface area (Å²) in [4.78, 5) is 21.8. The highest BCUT2D eigenvalue weighted by Crippen LogP contribution is 2.09. The average molecular weight is 215 g/mol. The summed E-state index contributed by atoms with van der Waals surface area (Å²) in [6.07, 6.45) is 2.59. The molecule has 0 bridgehead atoms. The minimum Gasteiger partial charge on any atom is -0.481 e. The molecule has 4 nitrogen and oxygen atoms in total. The van der Waals surface area contributed by atoms with Crippen molar-refractivity contribution in [3.63, 3.8) is 0 Å². The second kappa shape index (κ2) is 7.26. The molecule has 1 amide bonds. The molecule has 0 aliphatic rings. The van der Waals surface area contributed by atoms with Crippen LogP contribution < -0.4 is 5.32 Å². The van der Waals surface area contributed by atoms with Crippen LogP contribution in [0, 0.1) is 11.8 Å². The molecule has 4 heteroatoms. The lowest BCUT2D eigenvalue weighted by molar-refractivity contribution is -0.141. The summed E-state index contributed by atoms with van der Waals surface area (Å²) >= 11 is 0. The van der Waals surface area contributed by atoms with Crippen LogP contribution in [-0.4, -0.2) is 23.5 Å². The third kappa shape index (κ3) is 6.94. The second-order valence-corrected chi connectivity index (χ2v) is 4.14. The van der Waals surface area contributed by atoms with Crippen molar-refractivity contribution >= 4 is 11.9 Å². The van der Waals surface area contributed by atoms with Crippen LogP contribution in [-0.2, 0) is 9.59 Å². The molecule has 2 atom stereocenters. The Morgan fingerprint density at radius 3 is 2.40 bits per heavy atom. The zero-order valence-corrected chi connectivity index (χ0v) is 9.75. The van der Waals surface area contributed by atoms with Gasteiger partial charge in [-0.3, -0.25) is 9.59 Å². The normalized spacial score (nSPS) is 14.3. The quantitative estimate of drug-likeness (QED) is 0.678. The summed E-state index contributed by atoms with van der Waals surface area (Å²) in [5.74, 6) is -1.08. The Labute approximate surface area is 91.1 Å². The van der Waals surface area contributed by atoms with Crippen LogP contribution in [0.15, 0.2) is 0 Å². The summed E-state index contributed by atoms with van der Waals surface area (Å²) in [7, 11) is 0. The molecule has 15 heavy (non-hydrogen) atoms. The number of carbonyl (C=O) groups excluding carboxylic acids is 1. The van der Waals surface area contributed by atoms with Crippen molar-refractivity contribution in [2.45, 2.75) is 40.0 Å². The Morgan fingerprint density at radius 1 is 1.33 bits per heavy atom. The van der Waals surface area contributed by atoms with Gasteiger partial charge >= 0.3 is 5.97 Å². The summed E-state index contributed by atoms with van der Waals surface area (Å²) in [5, 5.41) is 11.2. The maximum absolute atomic E-state index is 11.4. The van der Waals surface area contributed by atoms with Crippen molar-refractivity contribution in [2.75, 3.05) is 6.54 Å². The Hall–Kier alpha value is -1.06. The van der Waals surface area contributed by atoms with Gasteiger partial charge in [0.1, 0.15) is 0 Å². The smallest absolute Gasteiger partial charge is 0.308 e. The van der Waals surface area contributed by atoms with Crippen molar-refractivity contribution in [1.82, 2.24) is 5.32 Å². The molecule has 0 aromatic rings. The number of carboxylic acid groups (broad SMARTS) is 1. The van der Waals surface area contributed by atoms with Crippen LogP contribution in [0.5, 0.6) is 0 Å². The summed E-state index contributed by atoms with van der Waals surface area (Å²) in [6, 6.07) is 0. The van der Waals surface area contributed by atoms with E-state index in [4.69, 9.17) is 5.11 Å². The largest absolute Gasteiger partial charge is 0.481 e. The van der Waals surface area contributed by atoms with E-state index in [1.54, 1.807) is 6.92 Å². The van der Waals surface area contributed by atoms with Crippen LogP contribution in [0.4, 0.5) is 0 Å². The van der Waals surface area contributed by atoms with Crippen molar-refractivity contribution in [3.8, 4) is 0 Å². The highest BCUT2D eigenvalue weighted by molar-refractivity contribution is 5.77. The van der Waals surface area contributed by atoms with Gasteiger partial charge in [0.2, 0.25) is 5.91 Å². The highest BCUT2D eigenvalue weighted by atomic mass is 16.4. The lowest BCUT2D eigenvalue weighted by Gasteiger charge is -2.11. The Kier molecular flexibility index (Phi) is 6.75. The molecule has 0 aromatic heterocycles. The fourth-order valence-corrected chi connectivity index (χ4v) is 1.34. The zero-order chi connectivity index (χ0) is 11.8. The number of nitrogens with one attached hydrogen (secondary N) is 1. The van der Waals surface area contributed by atoms with Crippen LogP contribution >= 0.6 is 0 Å². The summed E-state index contributed by atoms with van der Waals surface area (Å²) in [5.41, 5.74) is 0. The van der Waals surface area contributed by atoms with E-state index in [1.807, 2.05) is 6.92 Å². The molecule has 0 rings (SSSR count). The van der Waals surface area contributed by atoms with Crippen LogP contribution in [0.1, 0.15) is 40.0 Å². The number of rotatable bonds is 7. The van der Waals surface area contributed by atoms with E-state index >= 15 is 0 Å². The minimum atomic E-state index is -0.878. The number of hydrogen-bond acceptors (Lipinski definition) is 2. The molecule has 2 unspecified atom stereocenters. The standard InChI is InChI=1S/C11H21NO3/c1-4-5-8(2)6-10(13)12-7-9(3)11(14)15/h8-9H,4-7H2,1-3H3,(H,12,13)(H,14,15). The second-order valence-electron chi connectivity index (χ2n) is 4.14. The van der Waals surface area contributed by atoms with Gasteiger partial charge in [-0.1, -0.05) is 33.6 Å². The fourth-order valence-electron chi connectivity index (χ4n) is 1.34. The number of amides is 1. The number of aliphatic carboxylic acids is 1. The molecule has 2 N–H and O–H groups in total. The van der Waals surface area contributed by atoms with E-state index in [1.165, 1.54) is 0 Å². The van der Waals surface area contributed by atoms with Crippen molar-refractivity contribution in [2.24, 2.45) is 11.8 Å². The Morgan fingerprint density at radius 2 is 1.93 bits per heavy atom. The van der Waals surface area contributed by atoms with E-state index < -0.39 is 11.9 Å². The molecule has 0 aliphatic heterocycles. The maximum Gasteiger partial charge on any atom is 0.308 e. The van der Waals surface area contributed by atoms with Gasteiger partial charge in [0.05, 0.1) is 5.92 Å². The van der Waals surface area contributed by atoms with E-state index in [2.05, 4.69) is 12.2 Å². The molecular formula is C11H21NO3. The van der Waals surface area contributed by atoms with Crippen LogP contribution in [0.25, 0.3) is 0 Å². The lowest BCUT2D eigenvalue weighted by atomic mass is 10.0. The average Bonchev–Trinajstić information content (AvgIpc) is 2.14. The molecule has 88 valence electrons. The summed E-state index contributed by atoms with van der Waals surface area (Å²) < 4.78 is 0. The Balaban J connectivity index is 3.70. The predicted octanol–water partition coefficient (Wildman–Crippen LogP) is 1.65. The first-order chi connectivity index (χ1) is 6.97. The molecule has 0 saturated heterocycles. The van der Waals surface area contributed by atoms with Crippen molar-refractivity contribution in [1.29, 1.82) is 0 Å². The Bertz CT molecular complexity index is 216. The highest BCUT2D eigenvalue weighted by Gasteiger charge is 2.13. The first kappa shape index (κ1) is 13.9. The number of carboxylic acids is 1. The SMILES string of the molecule is CCCC(C)CC(=O)NCC(C)C(=O)O. The molecule has 0 saturated carbocycles. The molecule has 0 fully saturated rings. The molecule has 0 aromatic carbocycles. The van der Waals surface area contributed by atoms with E-state index in [0.29, 0.717) is 12.3 Å². The summed E-state index contributed by atoms with van der Waals surface area (Å²) in [6.45, 7) is 5.91. The monoisotopic (exact) mass is 215 g/mol. The van der Waals surface area contributed by atoms with E-state index in [0.717, 1.165) is 12.8 Å².